The number of nitrogens with one attached hydrogen (secondary N) is 2. The number of hydrogen-bond acceptors (Lipinski definition) is 4. The summed E-state index contributed by atoms with van der Waals surface area (Å²) < 4.78 is 0. The molecule has 112 valence electrons. The van der Waals surface area contributed by atoms with Crippen molar-refractivity contribution in [2.24, 2.45) is 0 Å². The van der Waals surface area contributed by atoms with E-state index in [0.717, 1.165) is 16.1 Å². The van der Waals surface area contributed by atoms with Crippen molar-refractivity contribution < 1.29 is 9.90 Å². The first-order chi connectivity index (χ1) is 9.91. The van der Waals surface area contributed by atoms with Crippen molar-refractivity contribution in [3.63, 3.8) is 0 Å². The average molecular weight is 305 g/mol. The van der Waals surface area contributed by atoms with Crippen molar-refractivity contribution in [1.29, 1.82) is 0 Å². The van der Waals surface area contributed by atoms with E-state index in [-0.39, 0.29) is 12.6 Å². The second kappa shape index (κ2) is 6.24. The van der Waals surface area contributed by atoms with Crippen LogP contribution in [0.1, 0.15) is 19.5 Å². The van der Waals surface area contributed by atoms with Crippen LogP contribution in [0, 0.1) is 6.92 Å². The molecule has 0 aliphatic carbocycles. The van der Waals surface area contributed by atoms with E-state index in [1.54, 1.807) is 13.8 Å². The summed E-state index contributed by atoms with van der Waals surface area (Å²) in [7, 11) is 0. The summed E-state index contributed by atoms with van der Waals surface area (Å²) >= 11 is 1.43. The first kappa shape index (κ1) is 15.5. The Labute approximate surface area is 128 Å². The van der Waals surface area contributed by atoms with Gasteiger partial charge in [0.25, 0.3) is 0 Å². The number of hydrogen-bond donors (Lipinski definition) is 3. The Balaban J connectivity index is 2.11. The quantitative estimate of drug-likeness (QED) is 0.813. The number of aliphatic hydroxyl groups is 1. The fraction of sp³-hybridized carbons (Fsp3) is 0.333. The predicted octanol–water partition coefficient (Wildman–Crippen LogP) is 3.01. The summed E-state index contributed by atoms with van der Waals surface area (Å²) in [6.07, 6.45) is 0. The van der Waals surface area contributed by atoms with Gasteiger partial charge >= 0.3 is 6.03 Å². The minimum atomic E-state index is -0.668. The molecule has 21 heavy (non-hydrogen) atoms. The number of thiazole rings is 1. The Morgan fingerprint density at radius 3 is 2.62 bits per heavy atom. The summed E-state index contributed by atoms with van der Waals surface area (Å²) in [6, 6.07) is 9.56. The van der Waals surface area contributed by atoms with E-state index in [1.165, 1.54) is 11.3 Å². The smallest absolute Gasteiger partial charge is 0.321 e. The molecule has 0 radical (unpaired) electrons. The van der Waals surface area contributed by atoms with Gasteiger partial charge in [0.15, 0.2) is 5.13 Å². The van der Waals surface area contributed by atoms with Crippen molar-refractivity contribution in [3.8, 4) is 10.4 Å². The lowest BCUT2D eigenvalue weighted by Gasteiger charge is -2.23. The second-order valence-electron chi connectivity index (χ2n) is 5.42. The monoisotopic (exact) mass is 305 g/mol. The highest BCUT2D eigenvalue weighted by molar-refractivity contribution is 7.19. The number of amides is 2. The van der Waals surface area contributed by atoms with Crippen molar-refractivity contribution in [3.05, 3.63) is 36.0 Å². The first-order valence-electron chi connectivity index (χ1n) is 6.64. The van der Waals surface area contributed by atoms with Gasteiger partial charge < -0.3 is 10.4 Å². The number of carbonyl (C=O) groups is 1. The number of anilines is 1. The van der Waals surface area contributed by atoms with E-state index in [9.17, 15) is 4.79 Å². The largest absolute Gasteiger partial charge is 0.394 e. The highest BCUT2D eigenvalue weighted by Gasteiger charge is 2.20. The Bertz CT molecular complexity index is 623. The van der Waals surface area contributed by atoms with Gasteiger partial charge in [-0.25, -0.2) is 9.78 Å². The molecule has 0 bridgehead atoms. The van der Waals surface area contributed by atoms with Crippen LogP contribution in [-0.4, -0.2) is 28.3 Å². The Morgan fingerprint density at radius 1 is 1.33 bits per heavy atom. The number of aliphatic hydroxyl groups excluding tert-OH is 1. The van der Waals surface area contributed by atoms with Crippen molar-refractivity contribution >= 4 is 22.5 Å². The standard InChI is InChI=1S/C15H19N3O2S/c1-10-12(11-7-5-4-6-8-11)21-14(16-10)17-13(20)18-15(2,3)9-19/h4-8,19H,9H2,1-3H3,(H2,16,17,18,20). The van der Waals surface area contributed by atoms with Crippen molar-refractivity contribution in [2.75, 3.05) is 11.9 Å². The van der Waals surface area contributed by atoms with Crippen LogP contribution in [0.2, 0.25) is 0 Å². The van der Waals surface area contributed by atoms with Crippen LogP contribution in [0.15, 0.2) is 30.3 Å². The Hall–Kier alpha value is -1.92. The maximum absolute atomic E-state index is 11.9. The molecule has 2 rings (SSSR count). The molecule has 0 spiro atoms. The van der Waals surface area contributed by atoms with Gasteiger partial charge in [0.2, 0.25) is 0 Å². The van der Waals surface area contributed by atoms with Gasteiger partial charge in [-0.15, -0.1) is 0 Å². The normalized spacial score (nSPS) is 11.2. The summed E-state index contributed by atoms with van der Waals surface area (Å²) in [6.45, 7) is 5.27. The minimum absolute atomic E-state index is 0.132. The number of benzene rings is 1. The maximum Gasteiger partial charge on any atom is 0.321 e. The van der Waals surface area contributed by atoms with Gasteiger partial charge in [-0.3, -0.25) is 5.32 Å². The number of rotatable bonds is 4. The molecular weight excluding hydrogens is 286 g/mol. The molecule has 2 aromatic rings. The van der Waals surface area contributed by atoms with Gasteiger partial charge in [0.1, 0.15) is 0 Å². The van der Waals surface area contributed by atoms with Crippen LogP contribution in [0.5, 0.6) is 0 Å². The van der Waals surface area contributed by atoms with E-state index >= 15 is 0 Å². The summed E-state index contributed by atoms with van der Waals surface area (Å²) in [5, 5.41) is 15.1. The summed E-state index contributed by atoms with van der Waals surface area (Å²) in [5.74, 6) is 0. The summed E-state index contributed by atoms with van der Waals surface area (Å²) in [4.78, 5) is 17.3. The van der Waals surface area contributed by atoms with Crippen LogP contribution in [0.4, 0.5) is 9.93 Å². The molecule has 0 saturated carbocycles. The molecule has 0 saturated heterocycles. The molecule has 3 N–H and O–H groups in total. The predicted molar refractivity (Wildman–Crippen MR) is 85.6 cm³/mol. The second-order valence-corrected chi connectivity index (χ2v) is 6.42. The fourth-order valence-corrected chi connectivity index (χ4v) is 2.75. The van der Waals surface area contributed by atoms with E-state index in [0.29, 0.717) is 5.13 Å². The lowest BCUT2D eigenvalue weighted by atomic mass is 10.1. The van der Waals surface area contributed by atoms with Gasteiger partial charge in [-0.1, -0.05) is 41.7 Å². The van der Waals surface area contributed by atoms with Gasteiger partial charge in [-0.2, -0.15) is 0 Å². The van der Waals surface area contributed by atoms with Crippen molar-refractivity contribution in [1.82, 2.24) is 10.3 Å². The van der Waals surface area contributed by atoms with E-state index in [1.807, 2.05) is 37.3 Å². The van der Waals surface area contributed by atoms with Gasteiger partial charge in [0.05, 0.1) is 22.7 Å². The lowest BCUT2D eigenvalue weighted by molar-refractivity contribution is 0.187. The molecule has 0 unspecified atom stereocenters. The van der Waals surface area contributed by atoms with Crippen LogP contribution in [0.3, 0.4) is 0 Å². The number of aryl methyl sites for hydroxylation is 1. The first-order valence-corrected chi connectivity index (χ1v) is 7.46. The molecule has 5 nitrogen and oxygen atoms in total. The molecule has 0 fully saturated rings. The van der Waals surface area contributed by atoms with Crippen LogP contribution < -0.4 is 10.6 Å². The zero-order chi connectivity index (χ0) is 15.5. The third-order valence-electron chi connectivity index (χ3n) is 2.90. The molecule has 0 aliphatic rings. The maximum atomic E-state index is 11.9. The number of carbonyl (C=O) groups excluding carboxylic acids is 1. The van der Waals surface area contributed by atoms with Gasteiger partial charge in [-0.05, 0) is 26.3 Å². The van der Waals surface area contributed by atoms with Crippen LogP contribution in [0.25, 0.3) is 10.4 Å². The third-order valence-corrected chi connectivity index (χ3v) is 4.02. The molecule has 1 heterocycles. The number of nitrogens with zero attached hydrogens (tertiary/aromatic N) is 1. The molecule has 1 aromatic heterocycles. The molecule has 1 aromatic carbocycles. The molecule has 2 amide bonds. The summed E-state index contributed by atoms with van der Waals surface area (Å²) in [5.41, 5.74) is 1.29. The molecule has 0 aliphatic heterocycles. The molecular formula is C15H19N3O2S. The lowest BCUT2D eigenvalue weighted by Crippen LogP contribution is -2.48. The van der Waals surface area contributed by atoms with Crippen LogP contribution in [-0.2, 0) is 0 Å². The molecule has 0 atom stereocenters. The number of aromatic nitrogens is 1. The van der Waals surface area contributed by atoms with Crippen LogP contribution >= 0.6 is 11.3 Å². The Morgan fingerprint density at radius 2 is 2.00 bits per heavy atom. The minimum Gasteiger partial charge on any atom is -0.394 e. The van der Waals surface area contributed by atoms with Crippen molar-refractivity contribution in [2.45, 2.75) is 26.3 Å². The van der Waals surface area contributed by atoms with E-state index < -0.39 is 5.54 Å². The topological polar surface area (TPSA) is 74.2 Å². The zero-order valence-electron chi connectivity index (χ0n) is 12.3. The Kier molecular flexibility index (Phi) is 4.59. The fourth-order valence-electron chi connectivity index (χ4n) is 1.78. The highest BCUT2D eigenvalue weighted by atomic mass is 32.1. The van der Waals surface area contributed by atoms with Gasteiger partial charge in [0, 0.05) is 0 Å². The average Bonchev–Trinajstić information content (AvgIpc) is 2.79. The highest BCUT2D eigenvalue weighted by Crippen LogP contribution is 2.32. The third kappa shape index (κ3) is 4.03. The number of urea groups is 1. The molecule has 6 heteroatoms. The zero-order valence-corrected chi connectivity index (χ0v) is 13.1. The van der Waals surface area contributed by atoms with E-state index in [2.05, 4.69) is 15.6 Å². The SMILES string of the molecule is Cc1nc(NC(=O)NC(C)(C)CO)sc1-c1ccccc1. The van der Waals surface area contributed by atoms with E-state index in [4.69, 9.17) is 5.11 Å².